The van der Waals surface area contributed by atoms with Gasteiger partial charge in [0, 0.05) is 24.3 Å². The molecule has 1 aromatic rings. The molecular weight excluding hydrogens is 246 g/mol. The molecule has 0 spiro atoms. The molecule has 0 aliphatic carbocycles. The van der Waals surface area contributed by atoms with E-state index in [0.717, 1.165) is 31.0 Å². The Morgan fingerprint density at radius 3 is 2.67 bits per heavy atom. The van der Waals surface area contributed by atoms with Gasteiger partial charge >= 0.3 is 0 Å². The van der Waals surface area contributed by atoms with Crippen molar-refractivity contribution in [1.29, 1.82) is 0 Å². The van der Waals surface area contributed by atoms with Crippen molar-refractivity contribution in [2.24, 2.45) is 0 Å². The van der Waals surface area contributed by atoms with Crippen molar-refractivity contribution >= 4 is 10.8 Å². The lowest BCUT2D eigenvalue weighted by Gasteiger charge is -2.06. The van der Waals surface area contributed by atoms with Gasteiger partial charge in [-0.3, -0.25) is 4.21 Å². The second-order valence-corrected chi connectivity index (χ2v) is 5.96. The number of benzene rings is 1. The van der Waals surface area contributed by atoms with E-state index >= 15 is 0 Å². The fourth-order valence-electron chi connectivity index (χ4n) is 1.60. The molecule has 1 N–H and O–H groups in total. The smallest absolute Gasteiger partial charge is 0.0587 e. The first-order valence-electron chi connectivity index (χ1n) is 6.30. The summed E-state index contributed by atoms with van der Waals surface area (Å²) in [6.07, 6.45) is 0.920. The molecule has 0 fully saturated rings. The van der Waals surface area contributed by atoms with Crippen LogP contribution in [-0.2, 0) is 15.5 Å². The molecule has 0 radical (unpaired) electrons. The predicted molar refractivity (Wildman–Crippen MR) is 76.6 cm³/mol. The first kappa shape index (κ1) is 15.3. The van der Waals surface area contributed by atoms with Crippen molar-refractivity contribution in [3.63, 3.8) is 0 Å². The van der Waals surface area contributed by atoms with Crippen molar-refractivity contribution in [2.75, 3.05) is 32.6 Å². The Balaban J connectivity index is 2.30. The molecule has 0 bridgehead atoms. The van der Waals surface area contributed by atoms with Gasteiger partial charge in [0.1, 0.15) is 0 Å². The maximum Gasteiger partial charge on any atom is 0.0587 e. The molecule has 0 saturated heterocycles. The largest absolute Gasteiger partial charge is 0.383 e. The van der Waals surface area contributed by atoms with Crippen molar-refractivity contribution in [1.82, 2.24) is 5.32 Å². The lowest BCUT2D eigenvalue weighted by atomic mass is 10.1. The van der Waals surface area contributed by atoms with Crippen LogP contribution in [0.3, 0.4) is 0 Å². The molecule has 0 amide bonds. The lowest BCUT2D eigenvalue weighted by molar-refractivity contribution is 0.199. The third-order valence-electron chi connectivity index (χ3n) is 2.91. The summed E-state index contributed by atoms with van der Waals surface area (Å²) in [5, 5.41) is 3.25. The second-order valence-electron chi connectivity index (χ2n) is 4.39. The molecular formula is C14H23NO2S. The molecule has 4 heteroatoms. The van der Waals surface area contributed by atoms with E-state index in [1.54, 1.807) is 7.11 Å². The maximum atomic E-state index is 12.1. The minimum atomic E-state index is -0.880. The van der Waals surface area contributed by atoms with Crippen LogP contribution < -0.4 is 5.32 Å². The van der Waals surface area contributed by atoms with E-state index in [4.69, 9.17) is 4.74 Å². The van der Waals surface area contributed by atoms with E-state index in [9.17, 15) is 4.21 Å². The molecule has 0 aliphatic heterocycles. The van der Waals surface area contributed by atoms with Crippen LogP contribution in [0, 0.1) is 13.8 Å². The van der Waals surface area contributed by atoms with Gasteiger partial charge in [0.25, 0.3) is 0 Å². The van der Waals surface area contributed by atoms with Crippen molar-refractivity contribution in [3.05, 3.63) is 29.3 Å². The summed E-state index contributed by atoms with van der Waals surface area (Å²) in [5.74, 6) is 0.711. The topological polar surface area (TPSA) is 38.3 Å². The van der Waals surface area contributed by atoms with Gasteiger partial charge in [0.05, 0.1) is 17.4 Å². The van der Waals surface area contributed by atoms with E-state index < -0.39 is 10.8 Å². The molecule has 1 atom stereocenters. The van der Waals surface area contributed by atoms with E-state index in [-0.39, 0.29) is 0 Å². The molecule has 0 aromatic heterocycles. The molecule has 1 aromatic carbocycles. The number of nitrogens with one attached hydrogen (secondary N) is 1. The fraction of sp³-hybridized carbons (Fsp3) is 0.571. The Bertz CT molecular complexity index is 393. The van der Waals surface area contributed by atoms with Gasteiger partial charge in [0.15, 0.2) is 0 Å². The molecule has 1 unspecified atom stereocenters. The van der Waals surface area contributed by atoms with Gasteiger partial charge in [-0.1, -0.05) is 6.07 Å². The Morgan fingerprint density at radius 1 is 1.22 bits per heavy atom. The van der Waals surface area contributed by atoms with Crippen molar-refractivity contribution in [3.8, 4) is 0 Å². The van der Waals surface area contributed by atoms with Gasteiger partial charge < -0.3 is 10.1 Å². The van der Waals surface area contributed by atoms with Crippen molar-refractivity contribution in [2.45, 2.75) is 25.2 Å². The summed E-state index contributed by atoms with van der Waals surface area (Å²) < 4.78 is 17.0. The molecule has 102 valence electrons. The maximum absolute atomic E-state index is 12.1. The highest BCUT2D eigenvalue weighted by Gasteiger charge is 2.04. The number of aryl methyl sites for hydroxylation is 2. The number of methoxy groups -OCH3 is 1. The van der Waals surface area contributed by atoms with Crippen LogP contribution in [0.4, 0.5) is 0 Å². The first-order chi connectivity index (χ1) is 8.65. The monoisotopic (exact) mass is 269 g/mol. The van der Waals surface area contributed by atoms with Gasteiger partial charge in [-0.2, -0.15) is 0 Å². The number of ether oxygens (including phenoxy) is 1. The SMILES string of the molecule is COCCNCCCS(=O)c1ccc(C)c(C)c1. The van der Waals surface area contributed by atoms with Crippen LogP contribution in [0.2, 0.25) is 0 Å². The fourth-order valence-corrected chi connectivity index (χ4v) is 2.77. The average Bonchev–Trinajstić information content (AvgIpc) is 2.36. The summed E-state index contributed by atoms with van der Waals surface area (Å²) in [6.45, 7) is 6.59. The zero-order valence-electron chi connectivity index (χ0n) is 11.5. The molecule has 1 rings (SSSR count). The number of hydrogen-bond acceptors (Lipinski definition) is 3. The summed E-state index contributed by atoms with van der Waals surface area (Å²) >= 11 is 0. The predicted octanol–water partition coefficient (Wildman–Crippen LogP) is 2.04. The molecule has 0 heterocycles. The van der Waals surface area contributed by atoms with Crippen LogP contribution in [0.1, 0.15) is 17.5 Å². The first-order valence-corrected chi connectivity index (χ1v) is 7.62. The molecule has 18 heavy (non-hydrogen) atoms. The highest BCUT2D eigenvalue weighted by atomic mass is 32.2. The zero-order valence-corrected chi connectivity index (χ0v) is 12.3. The van der Waals surface area contributed by atoms with Crippen LogP contribution in [0.5, 0.6) is 0 Å². The number of rotatable bonds is 8. The van der Waals surface area contributed by atoms with Crippen LogP contribution in [0.15, 0.2) is 23.1 Å². The molecule has 0 aliphatic rings. The van der Waals surface area contributed by atoms with E-state index in [2.05, 4.69) is 19.2 Å². The van der Waals surface area contributed by atoms with Crippen molar-refractivity contribution < 1.29 is 8.95 Å². The Morgan fingerprint density at radius 2 is 2.00 bits per heavy atom. The van der Waals surface area contributed by atoms with Crippen LogP contribution >= 0.6 is 0 Å². The Kier molecular flexibility index (Phi) is 7.16. The third kappa shape index (κ3) is 5.29. The highest BCUT2D eigenvalue weighted by molar-refractivity contribution is 7.85. The van der Waals surface area contributed by atoms with Gasteiger partial charge in [0.2, 0.25) is 0 Å². The van der Waals surface area contributed by atoms with Gasteiger partial charge in [-0.15, -0.1) is 0 Å². The minimum absolute atomic E-state index is 0.711. The normalized spacial score (nSPS) is 12.6. The van der Waals surface area contributed by atoms with Gasteiger partial charge in [-0.05, 0) is 50.1 Å². The third-order valence-corrected chi connectivity index (χ3v) is 4.35. The number of hydrogen-bond donors (Lipinski definition) is 1. The minimum Gasteiger partial charge on any atom is -0.383 e. The Labute approximate surface area is 112 Å². The van der Waals surface area contributed by atoms with E-state index in [1.807, 2.05) is 18.2 Å². The van der Waals surface area contributed by atoms with E-state index in [1.165, 1.54) is 11.1 Å². The molecule has 0 saturated carbocycles. The summed E-state index contributed by atoms with van der Waals surface area (Å²) in [5.41, 5.74) is 2.45. The Hall–Kier alpha value is -0.710. The molecule has 3 nitrogen and oxygen atoms in total. The second kappa shape index (κ2) is 8.40. The summed E-state index contributed by atoms with van der Waals surface area (Å²) in [7, 11) is 0.811. The lowest BCUT2D eigenvalue weighted by Crippen LogP contribution is -2.21. The summed E-state index contributed by atoms with van der Waals surface area (Å²) in [6, 6.07) is 6.04. The van der Waals surface area contributed by atoms with Crippen LogP contribution in [0.25, 0.3) is 0 Å². The van der Waals surface area contributed by atoms with Gasteiger partial charge in [-0.25, -0.2) is 0 Å². The van der Waals surface area contributed by atoms with E-state index in [0.29, 0.717) is 5.75 Å². The van der Waals surface area contributed by atoms with Crippen LogP contribution in [-0.4, -0.2) is 36.8 Å². The standard InChI is InChI=1S/C14H23NO2S/c1-12-5-6-14(11-13(12)2)18(16)10-4-7-15-8-9-17-3/h5-6,11,15H,4,7-10H2,1-3H3. The average molecular weight is 269 g/mol. The zero-order chi connectivity index (χ0) is 13.4. The quantitative estimate of drug-likeness (QED) is 0.734. The summed E-state index contributed by atoms with van der Waals surface area (Å²) in [4.78, 5) is 0.940. The highest BCUT2D eigenvalue weighted by Crippen LogP contribution is 2.13.